The maximum Gasteiger partial charge on any atom is 0.239 e. The molecule has 0 aliphatic rings. The molecule has 31 heavy (non-hydrogen) atoms. The third-order valence-electron chi connectivity index (χ3n) is 6.28. The first-order valence-corrected chi connectivity index (χ1v) is 11.2. The summed E-state index contributed by atoms with van der Waals surface area (Å²) in [7, 11) is 2.05. The molecule has 0 N–H and O–H groups in total. The molecule has 0 spiro atoms. The highest BCUT2D eigenvalue weighted by molar-refractivity contribution is 5.86. The Morgan fingerprint density at radius 3 is 2.35 bits per heavy atom. The molecule has 0 radical (unpaired) electrons. The van der Waals surface area contributed by atoms with Crippen LogP contribution in [0, 0.1) is 0 Å². The number of amides is 1. The van der Waals surface area contributed by atoms with Gasteiger partial charge in [0.1, 0.15) is 0 Å². The second kappa shape index (κ2) is 10.9. The Labute approximate surface area is 187 Å². The zero-order valence-corrected chi connectivity index (χ0v) is 19.0. The minimum atomic E-state index is -0.213. The largest absolute Gasteiger partial charge is 0.341 e. The van der Waals surface area contributed by atoms with Crippen molar-refractivity contribution in [2.75, 3.05) is 20.1 Å². The summed E-state index contributed by atoms with van der Waals surface area (Å²) in [6.07, 6.45) is 3.55. The van der Waals surface area contributed by atoms with Gasteiger partial charge in [-0.25, -0.2) is 0 Å². The Balaban J connectivity index is 1.74. The summed E-state index contributed by atoms with van der Waals surface area (Å²) < 4.78 is 0. The van der Waals surface area contributed by atoms with E-state index in [1.54, 1.807) is 0 Å². The molecule has 3 rings (SSSR count). The fourth-order valence-electron chi connectivity index (χ4n) is 4.10. The lowest BCUT2D eigenvalue weighted by Gasteiger charge is -2.34. The van der Waals surface area contributed by atoms with Crippen molar-refractivity contribution in [3.8, 4) is 0 Å². The van der Waals surface area contributed by atoms with E-state index in [0.29, 0.717) is 6.54 Å². The predicted octanol–water partition coefficient (Wildman–Crippen LogP) is 5.87. The standard InChI is InChI=1S/C28H34N2O/c1-5-6-20-30(21-19-24-13-8-7-9-14-24)28(31)23(3)29(4)22(2)26-18-12-16-25-15-10-11-17-27(25)26/h5,7-18,22-23H,1,6,19-21H2,2-4H3/t22-,23?/m0/s1. The molecule has 0 saturated carbocycles. The molecule has 3 heteroatoms. The molecule has 3 nitrogen and oxygen atoms in total. The van der Waals surface area contributed by atoms with Gasteiger partial charge in [0.05, 0.1) is 6.04 Å². The van der Waals surface area contributed by atoms with Crippen molar-refractivity contribution in [1.82, 2.24) is 9.80 Å². The number of carbonyl (C=O) groups excluding carboxylic acids is 1. The Hall–Kier alpha value is -2.91. The number of hydrogen-bond acceptors (Lipinski definition) is 2. The molecule has 0 saturated heterocycles. The van der Waals surface area contributed by atoms with Crippen molar-refractivity contribution in [2.45, 2.75) is 38.8 Å². The van der Waals surface area contributed by atoms with Crippen LogP contribution in [0.1, 0.15) is 37.4 Å². The summed E-state index contributed by atoms with van der Waals surface area (Å²) in [5.74, 6) is 0.173. The van der Waals surface area contributed by atoms with Crippen molar-refractivity contribution in [3.63, 3.8) is 0 Å². The van der Waals surface area contributed by atoms with Crippen molar-refractivity contribution >= 4 is 16.7 Å². The first-order valence-electron chi connectivity index (χ1n) is 11.2. The zero-order valence-electron chi connectivity index (χ0n) is 19.0. The van der Waals surface area contributed by atoms with E-state index in [2.05, 4.69) is 80.0 Å². The van der Waals surface area contributed by atoms with Gasteiger partial charge < -0.3 is 4.90 Å². The van der Waals surface area contributed by atoms with Crippen LogP contribution in [0.25, 0.3) is 10.8 Å². The molecule has 0 aliphatic heterocycles. The Morgan fingerprint density at radius 2 is 1.61 bits per heavy atom. The van der Waals surface area contributed by atoms with Crippen LogP contribution in [0.3, 0.4) is 0 Å². The quantitative estimate of drug-likeness (QED) is 0.387. The Kier molecular flexibility index (Phi) is 8.02. The first-order chi connectivity index (χ1) is 15.0. The summed E-state index contributed by atoms with van der Waals surface area (Å²) in [6.45, 7) is 9.47. The van der Waals surface area contributed by atoms with E-state index < -0.39 is 0 Å². The topological polar surface area (TPSA) is 23.6 Å². The van der Waals surface area contributed by atoms with Crippen molar-refractivity contribution < 1.29 is 4.79 Å². The Morgan fingerprint density at radius 1 is 0.935 bits per heavy atom. The van der Waals surface area contributed by atoms with E-state index in [9.17, 15) is 4.79 Å². The van der Waals surface area contributed by atoms with Crippen molar-refractivity contribution in [1.29, 1.82) is 0 Å². The minimum absolute atomic E-state index is 0.125. The zero-order chi connectivity index (χ0) is 22.2. The summed E-state index contributed by atoms with van der Waals surface area (Å²) in [4.78, 5) is 17.6. The maximum absolute atomic E-state index is 13.5. The lowest BCUT2D eigenvalue weighted by Crippen LogP contribution is -2.47. The minimum Gasteiger partial charge on any atom is -0.341 e. The normalized spacial score (nSPS) is 13.2. The average molecular weight is 415 g/mol. The van der Waals surface area contributed by atoms with Gasteiger partial charge in [-0.15, -0.1) is 6.58 Å². The van der Waals surface area contributed by atoms with Gasteiger partial charge in [-0.05, 0) is 55.6 Å². The van der Waals surface area contributed by atoms with E-state index >= 15 is 0 Å². The number of benzene rings is 3. The third kappa shape index (κ3) is 5.62. The number of nitrogens with zero attached hydrogens (tertiary/aromatic N) is 2. The van der Waals surface area contributed by atoms with Gasteiger partial charge in [0.25, 0.3) is 0 Å². The molecular weight excluding hydrogens is 380 g/mol. The van der Waals surface area contributed by atoms with Crippen LogP contribution in [0.4, 0.5) is 0 Å². The SMILES string of the molecule is C=CCCN(CCc1ccccc1)C(=O)C(C)N(C)[C@@H](C)c1cccc2ccccc12. The molecular formula is C28H34N2O. The van der Waals surface area contributed by atoms with Gasteiger partial charge in [-0.3, -0.25) is 9.69 Å². The molecule has 3 aromatic rings. The van der Waals surface area contributed by atoms with E-state index in [1.165, 1.54) is 21.9 Å². The van der Waals surface area contributed by atoms with Gasteiger partial charge >= 0.3 is 0 Å². The van der Waals surface area contributed by atoms with Gasteiger partial charge in [0.2, 0.25) is 5.91 Å². The molecule has 0 aliphatic carbocycles. The Bertz CT molecular complexity index is 993. The molecule has 0 heterocycles. The molecule has 2 atom stereocenters. The van der Waals surface area contributed by atoms with Crippen LogP contribution >= 0.6 is 0 Å². The number of carbonyl (C=O) groups is 1. The van der Waals surface area contributed by atoms with Crippen molar-refractivity contribution in [2.24, 2.45) is 0 Å². The molecule has 162 valence electrons. The summed E-state index contributed by atoms with van der Waals surface area (Å²) in [5.41, 5.74) is 2.51. The van der Waals surface area contributed by atoms with E-state index in [4.69, 9.17) is 0 Å². The first kappa shape index (κ1) is 22.8. The predicted molar refractivity (Wildman–Crippen MR) is 131 cm³/mol. The van der Waals surface area contributed by atoms with E-state index in [-0.39, 0.29) is 18.0 Å². The summed E-state index contributed by atoms with van der Waals surface area (Å²) in [6, 6.07) is 25.1. The van der Waals surface area contributed by atoms with Crippen LogP contribution in [0.15, 0.2) is 85.5 Å². The maximum atomic E-state index is 13.5. The number of likely N-dealkylation sites (N-methyl/N-ethyl adjacent to an activating group) is 1. The summed E-state index contributed by atoms with van der Waals surface area (Å²) in [5, 5.41) is 2.48. The second-order valence-corrected chi connectivity index (χ2v) is 8.22. The van der Waals surface area contributed by atoms with Gasteiger partial charge in [0.15, 0.2) is 0 Å². The second-order valence-electron chi connectivity index (χ2n) is 8.22. The molecule has 1 unspecified atom stereocenters. The third-order valence-corrected chi connectivity index (χ3v) is 6.28. The van der Waals surface area contributed by atoms with Crippen LogP contribution in [0.5, 0.6) is 0 Å². The highest BCUT2D eigenvalue weighted by Gasteiger charge is 2.27. The fraction of sp³-hybridized carbons (Fsp3) is 0.321. The summed E-state index contributed by atoms with van der Waals surface area (Å²) >= 11 is 0. The lowest BCUT2D eigenvalue weighted by atomic mass is 9.98. The monoisotopic (exact) mass is 414 g/mol. The molecule has 0 aromatic heterocycles. The fourth-order valence-corrected chi connectivity index (χ4v) is 4.10. The molecule has 0 fully saturated rings. The van der Waals surface area contributed by atoms with Crippen molar-refractivity contribution in [3.05, 3.63) is 96.6 Å². The van der Waals surface area contributed by atoms with Gasteiger partial charge in [0, 0.05) is 19.1 Å². The van der Waals surface area contributed by atoms with Crippen LogP contribution in [-0.4, -0.2) is 41.9 Å². The molecule has 3 aromatic carbocycles. The van der Waals surface area contributed by atoms with E-state index in [0.717, 1.165) is 19.4 Å². The van der Waals surface area contributed by atoms with Gasteiger partial charge in [-0.2, -0.15) is 0 Å². The molecule has 1 amide bonds. The number of hydrogen-bond donors (Lipinski definition) is 0. The highest BCUT2D eigenvalue weighted by atomic mass is 16.2. The van der Waals surface area contributed by atoms with Crippen LogP contribution in [0.2, 0.25) is 0 Å². The van der Waals surface area contributed by atoms with E-state index in [1.807, 2.05) is 36.1 Å². The smallest absolute Gasteiger partial charge is 0.239 e. The molecule has 0 bridgehead atoms. The van der Waals surface area contributed by atoms with Crippen LogP contribution < -0.4 is 0 Å². The van der Waals surface area contributed by atoms with Gasteiger partial charge in [-0.1, -0.05) is 78.9 Å². The number of rotatable bonds is 10. The van der Waals surface area contributed by atoms with Crippen LogP contribution in [-0.2, 0) is 11.2 Å². The number of fused-ring (bicyclic) bond motifs is 1. The average Bonchev–Trinajstić information content (AvgIpc) is 2.82. The lowest BCUT2D eigenvalue weighted by molar-refractivity contribution is -0.136. The highest BCUT2D eigenvalue weighted by Crippen LogP contribution is 2.28.